The van der Waals surface area contributed by atoms with E-state index in [-0.39, 0.29) is 31.0 Å². The molecule has 1 unspecified atom stereocenters. The number of nitrogens with zero attached hydrogens (tertiary/aromatic N) is 1. The third kappa shape index (κ3) is 7.15. The number of carbonyl (C=O) groups is 2. The van der Waals surface area contributed by atoms with E-state index in [1.807, 2.05) is 12.1 Å². The topological polar surface area (TPSA) is 58.6 Å². The fraction of sp³-hybridized carbons (Fsp3) is 0.417. The molecule has 0 aliphatic heterocycles. The molecule has 31 heavy (non-hydrogen) atoms. The average Bonchev–Trinajstić information content (AvgIpc) is 2.77. The van der Waals surface area contributed by atoms with Gasteiger partial charge < -0.3 is 15.0 Å². The molecule has 0 radical (unpaired) electrons. The van der Waals surface area contributed by atoms with Crippen molar-refractivity contribution in [3.05, 3.63) is 64.1 Å². The van der Waals surface area contributed by atoms with Crippen molar-refractivity contribution < 1.29 is 14.3 Å². The Balaban J connectivity index is 1.70. The van der Waals surface area contributed by atoms with Crippen LogP contribution in [0.4, 0.5) is 0 Å². The van der Waals surface area contributed by atoms with Crippen molar-refractivity contribution in [1.29, 1.82) is 0 Å². The molecule has 2 aromatic rings. The van der Waals surface area contributed by atoms with Crippen LogP contribution < -0.4 is 10.1 Å². The van der Waals surface area contributed by atoms with Crippen LogP contribution in [0.3, 0.4) is 0 Å². The van der Waals surface area contributed by atoms with Gasteiger partial charge in [0, 0.05) is 22.6 Å². The zero-order chi connectivity index (χ0) is 22.2. The molecule has 3 rings (SSSR count). The second-order valence-electron chi connectivity index (χ2n) is 7.91. The summed E-state index contributed by atoms with van der Waals surface area (Å²) in [6, 6.07) is 13.7. The Morgan fingerprint density at radius 3 is 2.45 bits per heavy atom. The van der Waals surface area contributed by atoms with Crippen LogP contribution in [-0.4, -0.2) is 35.4 Å². The molecule has 1 fully saturated rings. The summed E-state index contributed by atoms with van der Waals surface area (Å²) >= 11 is 12.0. The van der Waals surface area contributed by atoms with Crippen LogP contribution in [0, 0.1) is 0 Å². The summed E-state index contributed by atoms with van der Waals surface area (Å²) in [5, 5.41) is 4.27. The van der Waals surface area contributed by atoms with Gasteiger partial charge in [0.1, 0.15) is 11.8 Å². The first-order valence-corrected chi connectivity index (χ1v) is 11.4. The quantitative estimate of drug-likeness (QED) is 0.583. The number of carbonyl (C=O) groups excluding carboxylic acids is 2. The lowest BCUT2D eigenvalue weighted by Gasteiger charge is -2.31. The summed E-state index contributed by atoms with van der Waals surface area (Å²) < 4.78 is 5.64. The average molecular weight is 463 g/mol. The molecule has 0 bridgehead atoms. The normalized spacial score (nSPS) is 15.2. The van der Waals surface area contributed by atoms with Crippen LogP contribution in [0.25, 0.3) is 0 Å². The number of hydrogen-bond acceptors (Lipinski definition) is 3. The Morgan fingerprint density at radius 1 is 1.06 bits per heavy atom. The van der Waals surface area contributed by atoms with Gasteiger partial charge in [0.2, 0.25) is 5.91 Å². The highest BCUT2D eigenvalue weighted by Crippen LogP contribution is 2.20. The smallest absolute Gasteiger partial charge is 0.261 e. The number of ether oxygens (including phenoxy) is 1. The SMILES string of the molecule is CC(C(=O)NC1CCCCC1)N(Cc1ccc(Cl)cc1)C(=O)COc1cccc(Cl)c1. The lowest BCUT2D eigenvalue weighted by molar-refractivity contribution is -0.142. The van der Waals surface area contributed by atoms with Gasteiger partial charge in [-0.15, -0.1) is 0 Å². The van der Waals surface area contributed by atoms with E-state index in [9.17, 15) is 9.59 Å². The largest absolute Gasteiger partial charge is 0.484 e. The molecule has 1 atom stereocenters. The van der Waals surface area contributed by atoms with Crippen molar-refractivity contribution in [2.45, 2.75) is 57.7 Å². The summed E-state index contributed by atoms with van der Waals surface area (Å²) in [6.45, 7) is 1.86. The van der Waals surface area contributed by atoms with Crippen molar-refractivity contribution >= 4 is 35.0 Å². The summed E-state index contributed by atoms with van der Waals surface area (Å²) in [4.78, 5) is 27.6. The molecule has 1 aliphatic carbocycles. The van der Waals surface area contributed by atoms with Gasteiger partial charge in [-0.25, -0.2) is 0 Å². The molecule has 2 amide bonds. The van der Waals surface area contributed by atoms with Crippen LogP contribution in [0.2, 0.25) is 10.0 Å². The summed E-state index contributed by atoms with van der Waals surface area (Å²) in [7, 11) is 0. The van der Waals surface area contributed by atoms with Crippen molar-refractivity contribution in [2.75, 3.05) is 6.61 Å². The predicted octanol–water partition coefficient (Wildman–Crippen LogP) is 5.24. The third-order valence-corrected chi connectivity index (χ3v) is 6.03. The second-order valence-corrected chi connectivity index (χ2v) is 8.79. The molecule has 0 heterocycles. The predicted molar refractivity (Wildman–Crippen MR) is 123 cm³/mol. The minimum atomic E-state index is -0.631. The molecule has 1 N–H and O–H groups in total. The van der Waals surface area contributed by atoms with Gasteiger partial charge in [-0.1, -0.05) is 60.7 Å². The highest BCUT2D eigenvalue weighted by Gasteiger charge is 2.28. The van der Waals surface area contributed by atoms with Gasteiger partial charge in [-0.3, -0.25) is 9.59 Å². The van der Waals surface area contributed by atoms with Crippen molar-refractivity contribution in [2.24, 2.45) is 0 Å². The van der Waals surface area contributed by atoms with Gasteiger partial charge in [0.15, 0.2) is 6.61 Å². The molecule has 0 saturated heterocycles. The van der Waals surface area contributed by atoms with Crippen LogP contribution in [0.5, 0.6) is 5.75 Å². The molecular weight excluding hydrogens is 435 g/mol. The Morgan fingerprint density at radius 2 is 1.77 bits per heavy atom. The zero-order valence-corrected chi connectivity index (χ0v) is 19.2. The standard InChI is InChI=1S/C24H28Cl2N2O3/c1-17(24(30)27-21-7-3-2-4-8-21)28(15-18-10-12-19(25)13-11-18)23(29)16-31-22-9-5-6-20(26)14-22/h5-6,9-14,17,21H,2-4,7-8,15-16H2,1H3,(H,27,30). The van der Waals surface area contributed by atoms with Crippen LogP contribution in [-0.2, 0) is 16.1 Å². The van der Waals surface area contributed by atoms with Gasteiger partial charge in [0.25, 0.3) is 5.91 Å². The number of nitrogens with one attached hydrogen (secondary N) is 1. The lowest BCUT2D eigenvalue weighted by atomic mass is 9.95. The van der Waals surface area contributed by atoms with Gasteiger partial charge in [0.05, 0.1) is 0 Å². The first-order chi connectivity index (χ1) is 14.9. The van der Waals surface area contributed by atoms with Crippen LogP contribution >= 0.6 is 23.2 Å². The van der Waals surface area contributed by atoms with E-state index < -0.39 is 6.04 Å². The molecule has 0 spiro atoms. The van der Waals surface area contributed by atoms with Crippen molar-refractivity contribution in [1.82, 2.24) is 10.2 Å². The molecule has 1 saturated carbocycles. The third-order valence-electron chi connectivity index (χ3n) is 5.54. The molecule has 0 aromatic heterocycles. The Kier molecular flexibility index (Phi) is 8.61. The number of benzene rings is 2. The first kappa shape index (κ1) is 23.4. The maximum atomic E-state index is 13.1. The fourth-order valence-corrected chi connectivity index (χ4v) is 4.03. The number of amides is 2. The Labute approximate surface area is 193 Å². The fourth-order valence-electron chi connectivity index (χ4n) is 3.72. The van der Waals surface area contributed by atoms with Crippen LogP contribution in [0.1, 0.15) is 44.6 Å². The molecule has 5 nitrogen and oxygen atoms in total. The van der Waals surface area contributed by atoms with Crippen LogP contribution in [0.15, 0.2) is 48.5 Å². The molecule has 1 aliphatic rings. The Hall–Kier alpha value is -2.24. The maximum absolute atomic E-state index is 13.1. The number of halogens is 2. The van der Waals surface area contributed by atoms with Crippen molar-refractivity contribution in [3.8, 4) is 5.75 Å². The maximum Gasteiger partial charge on any atom is 0.261 e. The highest BCUT2D eigenvalue weighted by atomic mass is 35.5. The first-order valence-electron chi connectivity index (χ1n) is 10.6. The van der Waals surface area contributed by atoms with Gasteiger partial charge in [-0.05, 0) is 55.7 Å². The lowest BCUT2D eigenvalue weighted by Crippen LogP contribution is -2.51. The van der Waals surface area contributed by atoms with E-state index in [0.29, 0.717) is 15.8 Å². The van der Waals surface area contributed by atoms with E-state index in [1.54, 1.807) is 48.2 Å². The second kappa shape index (κ2) is 11.4. The minimum absolute atomic E-state index is 0.142. The van der Waals surface area contributed by atoms with E-state index in [2.05, 4.69) is 5.32 Å². The van der Waals surface area contributed by atoms with E-state index in [0.717, 1.165) is 31.2 Å². The minimum Gasteiger partial charge on any atom is -0.484 e. The van der Waals surface area contributed by atoms with E-state index in [1.165, 1.54) is 6.42 Å². The van der Waals surface area contributed by atoms with E-state index in [4.69, 9.17) is 27.9 Å². The van der Waals surface area contributed by atoms with Crippen molar-refractivity contribution in [3.63, 3.8) is 0 Å². The highest BCUT2D eigenvalue weighted by molar-refractivity contribution is 6.30. The van der Waals surface area contributed by atoms with Gasteiger partial charge >= 0.3 is 0 Å². The number of rotatable bonds is 8. The summed E-state index contributed by atoms with van der Waals surface area (Å²) in [5.74, 6) is 0.0878. The summed E-state index contributed by atoms with van der Waals surface area (Å²) in [6.07, 6.45) is 5.44. The molecule has 2 aromatic carbocycles. The monoisotopic (exact) mass is 462 g/mol. The van der Waals surface area contributed by atoms with E-state index >= 15 is 0 Å². The zero-order valence-electron chi connectivity index (χ0n) is 17.7. The molecular formula is C24H28Cl2N2O3. The molecule has 166 valence electrons. The molecule has 7 heteroatoms. The summed E-state index contributed by atoms with van der Waals surface area (Å²) in [5.41, 5.74) is 0.887. The Bertz CT molecular complexity index is 883. The van der Waals surface area contributed by atoms with Gasteiger partial charge in [-0.2, -0.15) is 0 Å². The number of hydrogen-bond donors (Lipinski definition) is 1.